The molecule has 28 heavy (non-hydrogen) atoms. The lowest BCUT2D eigenvalue weighted by Crippen LogP contribution is -2.17. The van der Waals surface area contributed by atoms with Gasteiger partial charge in [-0.1, -0.05) is 37.3 Å². The minimum atomic E-state index is -0.367. The molecule has 2 aliphatic carbocycles. The number of rotatable bonds is 6. The van der Waals surface area contributed by atoms with Crippen molar-refractivity contribution >= 4 is 18.2 Å². The Bertz CT molecular complexity index is 964. The summed E-state index contributed by atoms with van der Waals surface area (Å²) in [6, 6.07) is 9.35. The molecular formula is C23H22N2O3. The molecule has 0 saturated carbocycles. The van der Waals surface area contributed by atoms with Crippen molar-refractivity contribution in [3.05, 3.63) is 83.4 Å². The van der Waals surface area contributed by atoms with Crippen LogP contribution in [0.1, 0.15) is 46.7 Å². The Labute approximate surface area is 164 Å². The summed E-state index contributed by atoms with van der Waals surface area (Å²) in [6.45, 7) is 2.76. The van der Waals surface area contributed by atoms with E-state index in [1.54, 1.807) is 6.21 Å². The largest absolute Gasteiger partial charge is 0.494 e. The number of carbonyl (C=O) groups excluding carboxylic acids is 1. The first-order valence-corrected chi connectivity index (χ1v) is 9.48. The molecule has 0 aliphatic heterocycles. The van der Waals surface area contributed by atoms with Gasteiger partial charge in [0.1, 0.15) is 11.5 Å². The van der Waals surface area contributed by atoms with Gasteiger partial charge >= 0.3 is 5.91 Å². The van der Waals surface area contributed by atoms with Crippen LogP contribution in [0.25, 0.3) is 6.08 Å². The van der Waals surface area contributed by atoms with Gasteiger partial charge in [-0.15, -0.1) is 0 Å². The molecule has 1 heterocycles. The van der Waals surface area contributed by atoms with Crippen LogP contribution in [0.15, 0.2) is 70.2 Å². The highest BCUT2D eigenvalue weighted by Gasteiger charge is 2.28. The number of carbonyl (C=O) groups is 1. The number of amides is 1. The van der Waals surface area contributed by atoms with Crippen LogP contribution in [-0.2, 0) is 0 Å². The predicted octanol–water partition coefficient (Wildman–Crippen LogP) is 4.68. The zero-order valence-corrected chi connectivity index (χ0v) is 15.7. The standard InChI is InChI=1S/C23H22N2O3/c1-2-13-27-18-10-7-16(8-11-18)15-24-25-23(26)22-14-20-19-6-4-3-5-17(19)9-12-21(20)28-22/h3-12,14-15,17,19H,2,13H2,1H3,(H,25,26). The summed E-state index contributed by atoms with van der Waals surface area (Å²) in [5.41, 5.74) is 4.43. The molecule has 2 unspecified atom stereocenters. The minimum Gasteiger partial charge on any atom is -0.494 e. The van der Waals surface area contributed by atoms with Crippen molar-refractivity contribution in [1.29, 1.82) is 0 Å². The molecule has 1 aromatic heterocycles. The molecule has 2 atom stereocenters. The number of hydrogen-bond donors (Lipinski definition) is 1. The molecule has 1 amide bonds. The third kappa shape index (κ3) is 3.83. The van der Waals surface area contributed by atoms with Crippen LogP contribution in [0.3, 0.4) is 0 Å². The van der Waals surface area contributed by atoms with Gasteiger partial charge in [-0.2, -0.15) is 5.10 Å². The lowest BCUT2D eigenvalue weighted by Gasteiger charge is -2.23. The summed E-state index contributed by atoms with van der Waals surface area (Å²) in [4.78, 5) is 12.4. The predicted molar refractivity (Wildman–Crippen MR) is 110 cm³/mol. The van der Waals surface area contributed by atoms with Crippen molar-refractivity contribution in [2.45, 2.75) is 19.3 Å². The second-order valence-corrected chi connectivity index (χ2v) is 6.78. The summed E-state index contributed by atoms with van der Waals surface area (Å²) in [7, 11) is 0. The molecular weight excluding hydrogens is 352 g/mol. The number of hydrazone groups is 1. The number of ether oxygens (including phenoxy) is 1. The molecule has 1 N–H and O–H groups in total. The summed E-state index contributed by atoms with van der Waals surface area (Å²) < 4.78 is 11.3. The smallest absolute Gasteiger partial charge is 0.307 e. The molecule has 1 aromatic carbocycles. The van der Waals surface area contributed by atoms with E-state index in [1.165, 1.54) is 0 Å². The van der Waals surface area contributed by atoms with E-state index in [0.717, 1.165) is 29.1 Å². The fraction of sp³-hybridized carbons (Fsp3) is 0.217. The van der Waals surface area contributed by atoms with Crippen LogP contribution < -0.4 is 10.2 Å². The lowest BCUT2D eigenvalue weighted by atomic mass is 9.80. The van der Waals surface area contributed by atoms with Crippen molar-refractivity contribution in [2.24, 2.45) is 11.0 Å². The van der Waals surface area contributed by atoms with E-state index < -0.39 is 0 Å². The maximum atomic E-state index is 12.4. The van der Waals surface area contributed by atoms with Crippen molar-refractivity contribution in [3.8, 4) is 5.75 Å². The van der Waals surface area contributed by atoms with E-state index in [0.29, 0.717) is 12.5 Å². The monoisotopic (exact) mass is 374 g/mol. The molecule has 5 nitrogen and oxygen atoms in total. The van der Waals surface area contributed by atoms with E-state index in [9.17, 15) is 4.79 Å². The summed E-state index contributed by atoms with van der Waals surface area (Å²) in [5, 5.41) is 4.03. The lowest BCUT2D eigenvalue weighted by molar-refractivity contribution is 0.0927. The SMILES string of the molecule is CCCOc1ccc(C=NNC(=O)c2cc3c(o2)C=CC2C=CC=CC32)cc1. The Morgan fingerprint density at radius 1 is 1.21 bits per heavy atom. The van der Waals surface area contributed by atoms with Gasteiger partial charge in [-0.05, 0) is 48.4 Å². The fourth-order valence-corrected chi connectivity index (χ4v) is 3.33. The number of nitrogens with zero attached hydrogens (tertiary/aromatic N) is 1. The zero-order chi connectivity index (χ0) is 19.3. The highest BCUT2D eigenvalue weighted by molar-refractivity contribution is 5.93. The Hall–Kier alpha value is -3.34. The van der Waals surface area contributed by atoms with Gasteiger partial charge in [0.05, 0.1) is 12.8 Å². The summed E-state index contributed by atoms with van der Waals surface area (Å²) >= 11 is 0. The van der Waals surface area contributed by atoms with Gasteiger partial charge in [-0.25, -0.2) is 5.43 Å². The molecule has 142 valence electrons. The van der Waals surface area contributed by atoms with Gasteiger partial charge in [0.2, 0.25) is 0 Å². The molecule has 0 spiro atoms. The number of allylic oxidation sites excluding steroid dienone is 5. The molecule has 2 aliphatic rings. The molecule has 5 heteroatoms. The van der Waals surface area contributed by atoms with Crippen LogP contribution in [-0.4, -0.2) is 18.7 Å². The van der Waals surface area contributed by atoms with Crippen LogP contribution in [0.2, 0.25) is 0 Å². The van der Waals surface area contributed by atoms with E-state index >= 15 is 0 Å². The normalized spacial score (nSPS) is 19.5. The third-order valence-corrected chi connectivity index (χ3v) is 4.75. The van der Waals surface area contributed by atoms with Gasteiger partial charge in [0, 0.05) is 17.4 Å². The Morgan fingerprint density at radius 3 is 2.86 bits per heavy atom. The summed E-state index contributed by atoms with van der Waals surface area (Å²) in [5.74, 6) is 1.98. The van der Waals surface area contributed by atoms with Crippen LogP contribution in [0, 0.1) is 5.92 Å². The molecule has 2 aromatic rings. The first-order valence-electron chi connectivity index (χ1n) is 9.48. The van der Waals surface area contributed by atoms with Gasteiger partial charge in [0.25, 0.3) is 0 Å². The molecule has 0 radical (unpaired) electrons. The third-order valence-electron chi connectivity index (χ3n) is 4.75. The number of nitrogens with one attached hydrogen (secondary N) is 1. The Balaban J connectivity index is 1.39. The highest BCUT2D eigenvalue weighted by atomic mass is 16.5. The summed E-state index contributed by atoms with van der Waals surface area (Å²) in [6.07, 6.45) is 15.0. The quantitative estimate of drug-likeness (QED) is 0.590. The topological polar surface area (TPSA) is 63.8 Å². The average molecular weight is 374 g/mol. The Morgan fingerprint density at radius 2 is 2.04 bits per heavy atom. The average Bonchev–Trinajstić information content (AvgIpc) is 3.18. The number of hydrogen-bond acceptors (Lipinski definition) is 4. The Kier molecular flexibility index (Phi) is 5.24. The molecule has 0 fully saturated rings. The number of fused-ring (bicyclic) bond motifs is 3. The van der Waals surface area contributed by atoms with E-state index in [-0.39, 0.29) is 17.6 Å². The fourth-order valence-electron chi connectivity index (χ4n) is 3.33. The molecule has 0 saturated heterocycles. The molecule has 0 bridgehead atoms. The highest BCUT2D eigenvalue weighted by Crippen LogP contribution is 2.39. The zero-order valence-electron chi connectivity index (χ0n) is 15.7. The van der Waals surface area contributed by atoms with Crippen LogP contribution in [0.5, 0.6) is 5.75 Å². The first kappa shape index (κ1) is 18.0. The minimum absolute atomic E-state index is 0.215. The maximum absolute atomic E-state index is 12.4. The van der Waals surface area contributed by atoms with Crippen molar-refractivity contribution < 1.29 is 13.9 Å². The second-order valence-electron chi connectivity index (χ2n) is 6.78. The number of benzene rings is 1. The van der Waals surface area contributed by atoms with Crippen molar-refractivity contribution in [1.82, 2.24) is 5.43 Å². The second kappa shape index (κ2) is 8.13. The van der Waals surface area contributed by atoms with Crippen molar-refractivity contribution in [3.63, 3.8) is 0 Å². The van der Waals surface area contributed by atoms with Gasteiger partial charge < -0.3 is 9.15 Å². The van der Waals surface area contributed by atoms with E-state index in [4.69, 9.17) is 9.15 Å². The van der Waals surface area contributed by atoms with Gasteiger partial charge in [0.15, 0.2) is 5.76 Å². The molecule has 4 rings (SSSR count). The number of furan rings is 1. The first-order chi connectivity index (χ1) is 13.7. The van der Waals surface area contributed by atoms with Crippen LogP contribution >= 0.6 is 0 Å². The maximum Gasteiger partial charge on any atom is 0.307 e. The van der Waals surface area contributed by atoms with Crippen LogP contribution in [0.4, 0.5) is 0 Å². The van der Waals surface area contributed by atoms with Crippen molar-refractivity contribution in [2.75, 3.05) is 6.61 Å². The van der Waals surface area contributed by atoms with Gasteiger partial charge in [-0.3, -0.25) is 4.79 Å². The van der Waals surface area contributed by atoms with E-state index in [2.05, 4.69) is 35.7 Å². The van der Waals surface area contributed by atoms with E-state index in [1.807, 2.05) is 48.6 Å².